The third-order valence-corrected chi connectivity index (χ3v) is 2.57. The van der Waals surface area contributed by atoms with E-state index >= 15 is 0 Å². The first kappa shape index (κ1) is 12.3. The Hall–Kier alpha value is -2.17. The Kier molecular flexibility index (Phi) is 3.41. The summed E-state index contributed by atoms with van der Waals surface area (Å²) in [6.07, 6.45) is 1.31. The molecule has 5 heteroatoms. The third kappa shape index (κ3) is 2.74. The number of carbonyl (C=O) groups excluding carboxylic acids is 1. The van der Waals surface area contributed by atoms with Gasteiger partial charge in [0.15, 0.2) is 11.6 Å². The van der Waals surface area contributed by atoms with E-state index in [1.807, 2.05) is 6.92 Å². The molecule has 0 fully saturated rings. The Labute approximate surface area is 104 Å². The highest BCUT2D eigenvalue weighted by Crippen LogP contribution is 2.13. The van der Waals surface area contributed by atoms with E-state index in [0.29, 0.717) is 5.89 Å². The van der Waals surface area contributed by atoms with Crippen molar-refractivity contribution in [1.29, 1.82) is 0 Å². The van der Waals surface area contributed by atoms with Crippen molar-refractivity contribution >= 4 is 5.91 Å². The minimum Gasteiger partial charge on any atom is -0.448 e. The molecule has 0 aliphatic carbocycles. The summed E-state index contributed by atoms with van der Waals surface area (Å²) in [6.45, 7) is 3.48. The minimum absolute atomic E-state index is 0.227. The Bertz CT molecular complexity index is 548. The maximum Gasteiger partial charge on any atom is 0.273 e. The summed E-state index contributed by atoms with van der Waals surface area (Å²) in [5.41, 5.74) is 1.06. The molecular weight excluding hydrogens is 235 g/mol. The molecule has 1 amide bonds. The minimum atomic E-state index is -0.316. The van der Waals surface area contributed by atoms with Crippen molar-refractivity contribution in [2.24, 2.45) is 0 Å². The summed E-state index contributed by atoms with van der Waals surface area (Å²) in [7, 11) is 0. The van der Waals surface area contributed by atoms with Gasteiger partial charge in [0.25, 0.3) is 5.91 Å². The van der Waals surface area contributed by atoms with Gasteiger partial charge in [-0.3, -0.25) is 4.79 Å². The molecule has 0 saturated carbocycles. The van der Waals surface area contributed by atoms with Crippen molar-refractivity contribution in [1.82, 2.24) is 10.3 Å². The predicted molar refractivity (Wildman–Crippen MR) is 63.5 cm³/mol. The number of oxazole rings is 1. The molecule has 4 nitrogen and oxygen atoms in total. The molecule has 2 rings (SSSR count). The van der Waals surface area contributed by atoms with Crippen LogP contribution in [0.15, 0.2) is 34.9 Å². The number of carbonyl (C=O) groups is 1. The SMILES string of the molecule is Cc1nc(C(=O)NC(C)c2ccc(F)cc2)co1. The highest BCUT2D eigenvalue weighted by molar-refractivity contribution is 5.92. The maximum absolute atomic E-state index is 12.8. The lowest BCUT2D eigenvalue weighted by Gasteiger charge is -2.13. The second kappa shape index (κ2) is 5.00. The van der Waals surface area contributed by atoms with Crippen LogP contribution >= 0.6 is 0 Å². The average molecular weight is 248 g/mol. The molecule has 2 aromatic rings. The van der Waals surface area contributed by atoms with Crippen LogP contribution in [0.2, 0.25) is 0 Å². The van der Waals surface area contributed by atoms with E-state index < -0.39 is 0 Å². The lowest BCUT2D eigenvalue weighted by atomic mass is 10.1. The Morgan fingerprint density at radius 1 is 1.39 bits per heavy atom. The summed E-state index contributed by atoms with van der Waals surface area (Å²) >= 11 is 0. The standard InChI is InChI=1S/C13H13FN2O2/c1-8(10-3-5-11(14)6-4-10)15-13(17)12-7-18-9(2)16-12/h3-8H,1-2H3,(H,15,17). The van der Waals surface area contributed by atoms with Gasteiger partial charge in [-0.25, -0.2) is 9.37 Å². The fourth-order valence-electron chi connectivity index (χ4n) is 1.57. The van der Waals surface area contributed by atoms with Crippen molar-refractivity contribution in [2.75, 3.05) is 0 Å². The number of aryl methyl sites for hydroxylation is 1. The van der Waals surface area contributed by atoms with E-state index in [9.17, 15) is 9.18 Å². The van der Waals surface area contributed by atoms with Gasteiger partial charge in [-0.2, -0.15) is 0 Å². The highest BCUT2D eigenvalue weighted by atomic mass is 19.1. The lowest BCUT2D eigenvalue weighted by Crippen LogP contribution is -2.26. The van der Waals surface area contributed by atoms with Crippen molar-refractivity contribution in [2.45, 2.75) is 19.9 Å². The second-order valence-electron chi connectivity index (χ2n) is 4.00. The molecule has 0 aliphatic heterocycles. The van der Waals surface area contributed by atoms with E-state index in [1.54, 1.807) is 19.1 Å². The topological polar surface area (TPSA) is 55.1 Å². The summed E-state index contributed by atoms with van der Waals surface area (Å²) in [6, 6.07) is 5.76. The van der Waals surface area contributed by atoms with Crippen LogP contribution in [0.5, 0.6) is 0 Å². The average Bonchev–Trinajstić information content (AvgIpc) is 2.76. The van der Waals surface area contributed by atoms with Gasteiger partial charge in [-0.1, -0.05) is 12.1 Å². The van der Waals surface area contributed by atoms with Gasteiger partial charge >= 0.3 is 0 Å². The Morgan fingerprint density at radius 3 is 2.61 bits per heavy atom. The quantitative estimate of drug-likeness (QED) is 0.908. The van der Waals surface area contributed by atoms with Crippen LogP contribution in [0.1, 0.15) is 34.9 Å². The van der Waals surface area contributed by atoms with Gasteiger partial charge in [0, 0.05) is 6.92 Å². The number of hydrogen-bond donors (Lipinski definition) is 1. The molecule has 0 radical (unpaired) electrons. The molecule has 18 heavy (non-hydrogen) atoms. The van der Waals surface area contributed by atoms with Crippen LogP contribution in [-0.2, 0) is 0 Å². The summed E-state index contributed by atoms with van der Waals surface area (Å²) in [5.74, 6) is -0.178. The number of halogens is 1. The zero-order valence-corrected chi connectivity index (χ0v) is 10.1. The van der Waals surface area contributed by atoms with Gasteiger partial charge in [-0.05, 0) is 24.6 Å². The van der Waals surface area contributed by atoms with Crippen molar-refractivity contribution in [3.05, 3.63) is 53.5 Å². The fraction of sp³-hybridized carbons (Fsp3) is 0.231. The first-order chi connectivity index (χ1) is 8.56. The first-order valence-electron chi connectivity index (χ1n) is 5.54. The molecule has 1 aromatic heterocycles. The normalized spacial score (nSPS) is 12.2. The van der Waals surface area contributed by atoms with E-state index in [0.717, 1.165) is 5.56 Å². The molecule has 1 unspecified atom stereocenters. The van der Waals surface area contributed by atoms with Crippen LogP contribution in [-0.4, -0.2) is 10.9 Å². The largest absolute Gasteiger partial charge is 0.448 e. The van der Waals surface area contributed by atoms with Gasteiger partial charge in [0.1, 0.15) is 12.1 Å². The van der Waals surface area contributed by atoms with Crippen molar-refractivity contribution in [3.8, 4) is 0 Å². The smallest absolute Gasteiger partial charge is 0.273 e. The zero-order chi connectivity index (χ0) is 13.1. The van der Waals surface area contributed by atoms with Crippen molar-refractivity contribution in [3.63, 3.8) is 0 Å². The fourth-order valence-corrected chi connectivity index (χ4v) is 1.57. The number of nitrogens with zero attached hydrogens (tertiary/aromatic N) is 1. The molecule has 0 aliphatic rings. The zero-order valence-electron chi connectivity index (χ0n) is 10.1. The van der Waals surface area contributed by atoms with Gasteiger partial charge < -0.3 is 9.73 Å². The van der Waals surface area contributed by atoms with Gasteiger partial charge in [0.05, 0.1) is 6.04 Å². The Balaban J connectivity index is 2.05. The molecule has 1 heterocycles. The number of benzene rings is 1. The molecular formula is C13H13FN2O2. The van der Waals surface area contributed by atoms with Crippen LogP contribution in [0.3, 0.4) is 0 Å². The third-order valence-electron chi connectivity index (χ3n) is 2.57. The van der Waals surface area contributed by atoms with Gasteiger partial charge in [-0.15, -0.1) is 0 Å². The summed E-state index contributed by atoms with van der Waals surface area (Å²) in [4.78, 5) is 15.7. The van der Waals surface area contributed by atoms with Crippen LogP contribution in [0.4, 0.5) is 4.39 Å². The number of amides is 1. The van der Waals surface area contributed by atoms with E-state index in [4.69, 9.17) is 4.42 Å². The summed E-state index contributed by atoms with van der Waals surface area (Å²) < 4.78 is 17.7. The second-order valence-corrected chi connectivity index (χ2v) is 4.00. The molecule has 1 aromatic carbocycles. The molecule has 1 N–H and O–H groups in total. The molecule has 0 saturated heterocycles. The van der Waals surface area contributed by atoms with Gasteiger partial charge in [0.2, 0.25) is 0 Å². The number of hydrogen-bond acceptors (Lipinski definition) is 3. The van der Waals surface area contributed by atoms with Crippen LogP contribution < -0.4 is 5.32 Å². The van der Waals surface area contributed by atoms with E-state index in [-0.39, 0.29) is 23.5 Å². The lowest BCUT2D eigenvalue weighted by molar-refractivity contribution is 0.0935. The molecule has 1 atom stereocenters. The summed E-state index contributed by atoms with van der Waals surface area (Å²) in [5, 5.41) is 2.76. The predicted octanol–water partition coefficient (Wildman–Crippen LogP) is 2.61. The number of rotatable bonds is 3. The maximum atomic E-state index is 12.8. The van der Waals surface area contributed by atoms with Crippen LogP contribution in [0.25, 0.3) is 0 Å². The number of nitrogens with one attached hydrogen (secondary N) is 1. The van der Waals surface area contributed by atoms with Crippen molar-refractivity contribution < 1.29 is 13.6 Å². The Morgan fingerprint density at radius 2 is 2.06 bits per heavy atom. The first-order valence-corrected chi connectivity index (χ1v) is 5.54. The monoisotopic (exact) mass is 248 g/mol. The molecule has 0 spiro atoms. The molecule has 0 bridgehead atoms. The highest BCUT2D eigenvalue weighted by Gasteiger charge is 2.14. The van der Waals surface area contributed by atoms with Crippen LogP contribution in [0, 0.1) is 12.7 Å². The van der Waals surface area contributed by atoms with E-state index in [2.05, 4.69) is 10.3 Å². The molecule has 94 valence electrons. The number of aromatic nitrogens is 1. The van der Waals surface area contributed by atoms with E-state index in [1.165, 1.54) is 18.4 Å².